The lowest BCUT2D eigenvalue weighted by atomic mass is 10.00. The van der Waals surface area contributed by atoms with Crippen LogP contribution in [0.4, 0.5) is 0 Å². The molecule has 1 unspecified atom stereocenters. The molecule has 0 fully saturated rings. The van der Waals surface area contributed by atoms with E-state index in [1.54, 1.807) is 0 Å². The summed E-state index contributed by atoms with van der Waals surface area (Å²) in [5.41, 5.74) is 3.68. The van der Waals surface area contributed by atoms with Crippen LogP contribution >= 0.6 is 15.9 Å². The van der Waals surface area contributed by atoms with Gasteiger partial charge in [0.2, 0.25) is 0 Å². The first-order valence-corrected chi connectivity index (χ1v) is 7.40. The van der Waals surface area contributed by atoms with E-state index in [2.05, 4.69) is 64.3 Å². The molecule has 19 heavy (non-hydrogen) atoms. The number of nitrogens with one attached hydrogen (secondary N) is 1. The topological polar surface area (TPSA) is 24.9 Å². The zero-order valence-corrected chi connectivity index (χ0v) is 12.9. The minimum absolute atomic E-state index is 0.255. The molecule has 2 aromatic rings. The van der Waals surface area contributed by atoms with Gasteiger partial charge < -0.3 is 5.32 Å². The van der Waals surface area contributed by atoms with Gasteiger partial charge in [0.1, 0.15) is 0 Å². The number of hydrogen-bond acceptors (Lipinski definition) is 2. The number of hydrogen-bond donors (Lipinski definition) is 1. The molecule has 0 aliphatic rings. The van der Waals surface area contributed by atoms with E-state index in [0.29, 0.717) is 0 Å². The second kappa shape index (κ2) is 6.83. The van der Waals surface area contributed by atoms with Gasteiger partial charge in [0.05, 0.1) is 11.7 Å². The van der Waals surface area contributed by atoms with E-state index in [9.17, 15) is 0 Å². The van der Waals surface area contributed by atoms with Gasteiger partial charge in [-0.1, -0.05) is 47.1 Å². The Morgan fingerprint density at radius 2 is 2.00 bits per heavy atom. The van der Waals surface area contributed by atoms with Crippen LogP contribution in [0.5, 0.6) is 0 Å². The van der Waals surface area contributed by atoms with Gasteiger partial charge in [-0.3, -0.25) is 4.98 Å². The fourth-order valence-corrected chi connectivity index (χ4v) is 2.71. The Bertz CT molecular complexity index is 540. The van der Waals surface area contributed by atoms with Gasteiger partial charge in [-0.05, 0) is 43.1 Å². The third kappa shape index (κ3) is 3.64. The Morgan fingerprint density at radius 3 is 2.68 bits per heavy atom. The Balaban J connectivity index is 2.27. The highest BCUT2D eigenvalue weighted by atomic mass is 79.9. The largest absolute Gasteiger partial charge is 0.309 e. The van der Waals surface area contributed by atoms with Crippen molar-refractivity contribution in [2.45, 2.75) is 26.3 Å². The number of aryl methyl sites for hydroxylation is 1. The summed E-state index contributed by atoms with van der Waals surface area (Å²) >= 11 is 3.62. The maximum Gasteiger partial charge on any atom is 0.0605 e. The SMILES string of the molecule is CCNC(Cc1ccccc1Br)c1ncccc1C. The predicted molar refractivity (Wildman–Crippen MR) is 83.2 cm³/mol. The fraction of sp³-hybridized carbons (Fsp3) is 0.312. The van der Waals surface area contributed by atoms with Crippen molar-refractivity contribution in [3.63, 3.8) is 0 Å². The van der Waals surface area contributed by atoms with Crippen molar-refractivity contribution >= 4 is 15.9 Å². The minimum atomic E-state index is 0.255. The van der Waals surface area contributed by atoms with Crippen LogP contribution in [-0.4, -0.2) is 11.5 Å². The van der Waals surface area contributed by atoms with E-state index in [-0.39, 0.29) is 6.04 Å². The monoisotopic (exact) mass is 318 g/mol. The summed E-state index contributed by atoms with van der Waals surface area (Å²) in [7, 11) is 0. The summed E-state index contributed by atoms with van der Waals surface area (Å²) < 4.78 is 1.16. The Kier molecular flexibility index (Phi) is 5.11. The van der Waals surface area contributed by atoms with Gasteiger partial charge >= 0.3 is 0 Å². The number of aromatic nitrogens is 1. The number of halogens is 1. The zero-order valence-electron chi connectivity index (χ0n) is 11.4. The second-order valence-electron chi connectivity index (χ2n) is 4.61. The Hall–Kier alpha value is -1.19. The highest BCUT2D eigenvalue weighted by molar-refractivity contribution is 9.10. The van der Waals surface area contributed by atoms with E-state index in [4.69, 9.17) is 0 Å². The Morgan fingerprint density at radius 1 is 1.21 bits per heavy atom. The molecule has 1 aromatic carbocycles. The maximum absolute atomic E-state index is 4.55. The van der Waals surface area contributed by atoms with Gasteiger partial charge in [-0.15, -0.1) is 0 Å². The van der Waals surface area contributed by atoms with E-state index in [0.717, 1.165) is 23.1 Å². The molecule has 0 aliphatic heterocycles. The van der Waals surface area contributed by atoms with Crippen molar-refractivity contribution in [1.29, 1.82) is 0 Å². The lowest BCUT2D eigenvalue weighted by molar-refractivity contribution is 0.533. The molecule has 3 heteroatoms. The van der Waals surface area contributed by atoms with Crippen LogP contribution in [0.25, 0.3) is 0 Å². The standard InChI is InChI=1S/C16H19BrN2/c1-3-18-15(16-12(2)7-6-10-19-16)11-13-8-4-5-9-14(13)17/h4-10,15,18H,3,11H2,1-2H3. The summed E-state index contributed by atoms with van der Waals surface area (Å²) in [5, 5.41) is 3.53. The number of rotatable bonds is 5. The molecule has 0 bridgehead atoms. The predicted octanol–water partition coefficient (Wildman–Crippen LogP) is 4.05. The van der Waals surface area contributed by atoms with Gasteiger partial charge in [-0.2, -0.15) is 0 Å². The van der Waals surface area contributed by atoms with Crippen molar-refractivity contribution in [3.05, 3.63) is 63.9 Å². The van der Waals surface area contributed by atoms with Crippen LogP contribution in [-0.2, 0) is 6.42 Å². The summed E-state index contributed by atoms with van der Waals surface area (Å²) in [6.07, 6.45) is 2.81. The highest BCUT2D eigenvalue weighted by Gasteiger charge is 2.15. The first kappa shape index (κ1) is 14.2. The van der Waals surface area contributed by atoms with Crippen LogP contribution in [0.15, 0.2) is 47.1 Å². The quantitative estimate of drug-likeness (QED) is 0.899. The number of likely N-dealkylation sites (N-methyl/N-ethyl adjacent to an activating group) is 1. The van der Waals surface area contributed by atoms with Crippen molar-refractivity contribution in [1.82, 2.24) is 10.3 Å². The van der Waals surface area contributed by atoms with Crippen LogP contribution in [0.2, 0.25) is 0 Å². The first-order chi connectivity index (χ1) is 9.22. The van der Waals surface area contributed by atoms with E-state index in [1.807, 2.05) is 18.3 Å². The fourth-order valence-electron chi connectivity index (χ4n) is 2.26. The molecule has 0 saturated carbocycles. The molecule has 0 aliphatic carbocycles. The smallest absolute Gasteiger partial charge is 0.0605 e. The lowest BCUT2D eigenvalue weighted by Gasteiger charge is -2.20. The molecule has 0 saturated heterocycles. The minimum Gasteiger partial charge on any atom is -0.309 e. The van der Waals surface area contributed by atoms with Crippen molar-refractivity contribution in [2.24, 2.45) is 0 Å². The molecule has 0 spiro atoms. The molecule has 1 atom stereocenters. The number of pyridine rings is 1. The molecular formula is C16H19BrN2. The number of nitrogens with zero attached hydrogens (tertiary/aromatic N) is 1. The van der Waals surface area contributed by atoms with Crippen molar-refractivity contribution in [2.75, 3.05) is 6.54 Å². The van der Waals surface area contributed by atoms with Gasteiger partial charge in [0.25, 0.3) is 0 Å². The molecule has 0 radical (unpaired) electrons. The van der Waals surface area contributed by atoms with E-state index in [1.165, 1.54) is 11.1 Å². The van der Waals surface area contributed by atoms with Crippen LogP contribution in [0.1, 0.15) is 29.8 Å². The average molecular weight is 319 g/mol. The van der Waals surface area contributed by atoms with Gasteiger partial charge in [0, 0.05) is 10.7 Å². The maximum atomic E-state index is 4.55. The van der Waals surface area contributed by atoms with Crippen molar-refractivity contribution < 1.29 is 0 Å². The third-order valence-corrected chi connectivity index (χ3v) is 3.99. The molecule has 1 heterocycles. The molecule has 1 aromatic heterocycles. The Labute approximate surface area is 123 Å². The van der Waals surface area contributed by atoms with Crippen LogP contribution in [0, 0.1) is 6.92 Å². The molecule has 2 nitrogen and oxygen atoms in total. The molecule has 100 valence electrons. The van der Waals surface area contributed by atoms with E-state index < -0.39 is 0 Å². The molecule has 0 amide bonds. The highest BCUT2D eigenvalue weighted by Crippen LogP contribution is 2.24. The molecule has 2 rings (SSSR count). The lowest BCUT2D eigenvalue weighted by Crippen LogP contribution is -2.24. The van der Waals surface area contributed by atoms with Crippen LogP contribution in [0.3, 0.4) is 0 Å². The molecule has 1 N–H and O–H groups in total. The second-order valence-corrected chi connectivity index (χ2v) is 5.47. The average Bonchev–Trinajstić information content (AvgIpc) is 2.41. The zero-order chi connectivity index (χ0) is 13.7. The van der Waals surface area contributed by atoms with E-state index >= 15 is 0 Å². The first-order valence-electron chi connectivity index (χ1n) is 6.60. The van der Waals surface area contributed by atoms with Gasteiger partial charge in [0.15, 0.2) is 0 Å². The molecular weight excluding hydrogens is 300 g/mol. The normalized spacial score (nSPS) is 12.4. The van der Waals surface area contributed by atoms with Crippen LogP contribution < -0.4 is 5.32 Å². The summed E-state index contributed by atoms with van der Waals surface area (Å²) in [6.45, 7) is 5.18. The van der Waals surface area contributed by atoms with Gasteiger partial charge in [-0.25, -0.2) is 0 Å². The third-order valence-electron chi connectivity index (χ3n) is 3.21. The summed E-state index contributed by atoms with van der Waals surface area (Å²) in [5.74, 6) is 0. The van der Waals surface area contributed by atoms with Crippen molar-refractivity contribution in [3.8, 4) is 0 Å². The summed E-state index contributed by atoms with van der Waals surface area (Å²) in [4.78, 5) is 4.55. The summed E-state index contributed by atoms with van der Waals surface area (Å²) in [6, 6.07) is 12.7. The number of benzene rings is 1.